The number of amides is 1. The Hall–Kier alpha value is -3.38. The Bertz CT molecular complexity index is 1030. The average molecular weight is 415 g/mol. The molecule has 13 heteroatoms. The molecule has 0 radical (unpaired) electrons. The Morgan fingerprint density at radius 2 is 1.97 bits per heavy atom. The highest BCUT2D eigenvalue weighted by Gasteiger charge is 2.38. The molecule has 0 aliphatic heterocycles. The zero-order valence-corrected chi connectivity index (χ0v) is 15.0. The van der Waals surface area contributed by atoms with Gasteiger partial charge in [0.1, 0.15) is 29.6 Å². The summed E-state index contributed by atoms with van der Waals surface area (Å²) in [5, 5.41) is 13.0. The Morgan fingerprint density at radius 1 is 1.24 bits per heavy atom. The third-order valence-corrected chi connectivity index (χ3v) is 3.99. The molecule has 3 aromatic rings. The number of aromatic nitrogens is 6. The Kier molecular flexibility index (Phi) is 5.31. The quantitative estimate of drug-likeness (QED) is 0.646. The summed E-state index contributed by atoms with van der Waals surface area (Å²) in [6, 6.07) is 2.25. The van der Waals surface area contributed by atoms with Crippen LogP contribution < -0.4 is 5.32 Å². The van der Waals surface area contributed by atoms with E-state index < -0.39 is 30.2 Å². The molecule has 3 rings (SSSR count). The predicted octanol–water partition coefficient (Wildman–Crippen LogP) is 3.39. The number of anilines is 1. The van der Waals surface area contributed by atoms with Gasteiger partial charge in [-0.1, -0.05) is 6.07 Å². The van der Waals surface area contributed by atoms with E-state index in [1.807, 2.05) is 0 Å². The van der Waals surface area contributed by atoms with Crippen molar-refractivity contribution in [1.82, 2.24) is 29.5 Å². The molecule has 1 amide bonds. The topological polar surface area (TPSA) is 90.5 Å². The minimum Gasteiger partial charge on any atom is -0.306 e. The molecule has 8 nitrogen and oxygen atoms in total. The fraction of sp³-hybridized carbons (Fsp3) is 0.312. The molecule has 0 aliphatic carbocycles. The van der Waals surface area contributed by atoms with Crippen LogP contribution in [0.1, 0.15) is 35.4 Å². The minimum atomic E-state index is -4.53. The van der Waals surface area contributed by atoms with E-state index in [0.29, 0.717) is 0 Å². The summed E-state index contributed by atoms with van der Waals surface area (Å²) in [6.45, 7) is 0.937. The summed E-state index contributed by atoms with van der Waals surface area (Å²) in [5.74, 6) is -1.12. The van der Waals surface area contributed by atoms with Gasteiger partial charge in [-0.15, -0.1) is 10.2 Å². The Balaban J connectivity index is 1.89. The van der Waals surface area contributed by atoms with Crippen molar-refractivity contribution < 1.29 is 26.7 Å². The lowest BCUT2D eigenvalue weighted by Crippen LogP contribution is -2.24. The molecule has 1 atom stereocenters. The number of nitrogens with zero attached hydrogens (tertiary/aromatic N) is 6. The lowest BCUT2D eigenvalue weighted by molar-refractivity contribution is -0.162. The number of nitrogens with one attached hydrogen (secondary N) is 1. The summed E-state index contributed by atoms with van der Waals surface area (Å²) in [6.07, 6.45) is -5.44. The number of hydrogen-bond donors (Lipinski definition) is 1. The Labute approximate surface area is 160 Å². The first-order valence-corrected chi connectivity index (χ1v) is 8.14. The molecule has 0 spiro atoms. The fourth-order valence-corrected chi connectivity index (χ4v) is 2.52. The van der Waals surface area contributed by atoms with E-state index in [2.05, 4.69) is 25.6 Å². The molecule has 0 saturated carbocycles. The first-order valence-electron chi connectivity index (χ1n) is 8.14. The molecule has 3 heterocycles. The number of carbonyl (C=O) groups is 1. The van der Waals surface area contributed by atoms with E-state index in [9.17, 15) is 26.7 Å². The summed E-state index contributed by atoms with van der Waals surface area (Å²) >= 11 is 0. The highest BCUT2D eigenvalue weighted by Crippen LogP contribution is 2.32. The maximum Gasteiger partial charge on any atom is 0.408 e. The van der Waals surface area contributed by atoms with E-state index in [0.717, 1.165) is 28.7 Å². The van der Waals surface area contributed by atoms with Crippen molar-refractivity contribution in [1.29, 1.82) is 0 Å². The van der Waals surface area contributed by atoms with Crippen LogP contribution >= 0.6 is 0 Å². The highest BCUT2D eigenvalue weighted by atomic mass is 19.4. The molecule has 1 N–H and O–H groups in total. The molecular formula is C16H14F5N7O. The van der Waals surface area contributed by atoms with Gasteiger partial charge in [-0.05, 0) is 19.1 Å². The van der Waals surface area contributed by atoms with Crippen molar-refractivity contribution in [2.45, 2.75) is 25.6 Å². The zero-order chi connectivity index (χ0) is 21.3. The van der Waals surface area contributed by atoms with Gasteiger partial charge in [0.2, 0.25) is 0 Å². The maximum absolute atomic E-state index is 13.0. The van der Waals surface area contributed by atoms with E-state index in [1.165, 1.54) is 25.2 Å². The summed E-state index contributed by atoms with van der Waals surface area (Å²) in [5.41, 5.74) is -1.03. The van der Waals surface area contributed by atoms with Crippen LogP contribution in [0.4, 0.5) is 27.8 Å². The van der Waals surface area contributed by atoms with Gasteiger partial charge in [0, 0.05) is 13.2 Å². The average Bonchev–Trinajstić information content (AvgIpc) is 3.27. The van der Waals surface area contributed by atoms with Crippen molar-refractivity contribution in [3.63, 3.8) is 0 Å². The monoisotopic (exact) mass is 415 g/mol. The summed E-state index contributed by atoms with van der Waals surface area (Å²) in [7, 11) is 1.39. The third kappa shape index (κ3) is 4.22. The number of halogens is 5. The maximum atomic E-state index is 13.0. The molecule has 0 aliphatic rings. The molecule has 154 valence electrons. The van der Waals surface area contributed by atoms with Crippen LogP contribution in [0.2, 0.25) is 0 Å². The molecule has 0 saturated heterocycles. The van der Waals surface area contributed by atoms with Crippen LogP contribution in [0.15, 0.2) is 30.7 Å². The normalized spacial score (nSPS) is 13.0. The molecule has 0 fully saturated rings. The first kappa shape index (κ1) is 20.4. The fourth-order valence-electron chi connectivity index (χ4n) is 2.52. The van der Waals surface area contributed by atoms with Crippen molar-refractivity contribution in [3.05, 3.63) is 42.0 Å². The van der Waals surface area contributed by atoms with Crippen LogP contribution in [-0.2, 0) is 7.05 Å². The largest absolute Gasteiger partial charge is 0.408 e. The van der Waals surface area contributed by atoms with Crippen molar-refractivity contribution >= 4 is 11.7 Å². The van der Waals surface area contributed by atoms with Crippen LogP contribution in [-0.4, -0.2) is 41.6 Å². The van der Waals surface area contributed by atoms with Gasteiger partial charge in [-0.2, -0.15) is 18.3 Å². The van der Waals surface area contributed by atoms with E-state index in [1.54, 1.807) is 0 Å². The van der Waals surface area contributed by atoms with Gasteiger partial charge in [-0.25, -0.2) is 13.8 Å². The summed E-state index contributed by atoms with van der Waals surface area (Å²) in [4.78, 5) is 16.4. The van der Waals surface area contributed by atoms with Gasteiger partial charge in [0.05, 0.1) is 5.56 Å². The lowest BCUT2D eigenvalue weighted by atomic mass is 10.2. The van der Waals surface area contributed by atoms with Gasteiger partial charge >= 0.3 is 6.18 Å². The van der Waals surface area contributed by atoms with Gasteiger partial charge < -0.3 is 9.88 Å². The smallest absolute Gasteiger partial charge is 0.306 e. The number of hydrogen-bond acceptors (Lipinski definition) is 5. The Morgan fingerprint density at radius 3 is 2.62 bits per heavy atom. The predicted molar refractivity (Wildman–Crippen MR) is 90.1 cm³/mol. The molecule has 29 heavy (non-hydrogen) atoms. The molecule has 0 bridgehead atoms. The van der Waals surface area contributed by atoms with E-state index in [4.69, 9.17) is 0 Å². The summed E-state index contributed by atoms with van der Waals surface area (Å²) < 4.78 is 67.0. The van der Waals surface area contributed by atoms with E-state index >= 15 is 0 Å². The number of alkyl halides is 5. The van der Waals surface area contributed by atoms with Gasteiger partial charge in [0.25, 0.3) is 12.3 Å². The van der Waals surface area contributed by atoms with Gasteiger partial charge in [0.15, 0.2) is 5.82 Å². The third-order valence-electron chi connectivity index (χ3n) is 3.99. The second-order valence-electron chi connectivity index (χ2n) is 6.04. The minimum absolute atomic E-state index is 0.0108. The number of aryl methyl sites for hydroxylation is 1. The van der Waals surface area contributed by atoms with Crippen LogP contribution in [0, 0.1) is 0 Å². The molecule has 3 aromatic heterocycles. The SMILES string of the molecule is C[C@H](n1cnnc1-c1cccc(NC(=O)c2cn(C)nc2C(F)F)n1)C(F)(F)F. The second kappa shape index (κ2) is 7.56. The van der Waals surface area contributed by atoms with Crippen LogP contribution in [0.25, 0.3) is 11.5 Å². The molecule has 0 aromatic carbocycles. The highest BCUT2D eigenvalue weighted by molar-refractivity contribution is 6.04. The number of pyridine rings is 1. The zero-order valence-electron chi connectivity index (χ0n) is 15.0. The van der Waals surface area contributed by atoms with E-state index in [-0.39, 0.29) is 22.9 Å². The van der Waals surface area contributed by atoms with Crippen LogP contribution in [0.3, 0.4) is 0 Å². The van der Waals surface area contributed by atoms with Crippen molar-refractivity contribution in [2.75, 3.05) is 5.32 Å². The molecular weight excluding hydrogens is 401 g/mol. The second-order valence-corrected chi connectivity index (χ2v) is 6.04. The number of rotatable bonds is 5. The van der Waals surface area contributed by atoms with Gasteiger partial charge in [-0.3, -0.25) is 9.48 Å². The molecule has 0 unspecified atom stereocenters. The van der Waals surface area contributed by atoms with Crippen molar-refractivity contribution in [2.24, 2.45) is 7.05 Å². The standard InChI is InChI=1S/C16H14F5N7O/c1-8(16(19,20)21)28-7-22-25-14(28)10-4-3-5-11(23-10)24-15(29)9-6-27(2)26-12(9)13(17)18/h3-8,13H,1-2H3,(H,23,24,29)/t8-/m0/s1. The first-order chi connectivity index (χ1) is 13.6. The van der Waals surface area contributed by atoms with Crippen LogP contribution in [0.5, 0.6) is 0 Å². The number of carbonyl (C=O) groups excluding carboxylic acids is 1. The lowest BCUT2D eigenvalue weighted by Gasteiger charge is -2.18. The van der Waals surface area contributed by atoms with Crippen molar-refractivity contribution in [3.8, 4) is 11.5 Å².